The topological polar surface area (TPSA) is 86.2 Å². The summed E-state index contributed by atoms with van der Waals surface area (Å²) in [7, 11) is -1.31. The minimum absolute atomic E-state index is 0.0351. The van der Waals surface area contributed by atoms with Gasteiger partial charge < -0.3 is 5.73 Å². The molecule has 0 aliphatic heterocycles. The molecular formula is C13H11BrN2O3S. The van der Waals surface area contributed by atoms with Gasteiger partial charge in [-0.25, -0.2) is 0 Å². The number of nitro groups is 1. The fourth-order valence-electron chi connectivity index (χ4n) is 1.70. The van der Waals surface area contributed by atoms with Crippen LogP contribution in [0.2, 0.25) is 0 Å². The SMILES string of the molecule is Nc1cccc(S(=O)Cc2cccc([N+](=O)[O-])c2Br)c1. The summed E-state index contributed by atoms with van der Waals surface area (Å²) in [6, 6.07) is 11.5. The lowest BCUT2D eigenvalue weighted by atomic mass is 10.2. The van der Waals surface area contributed by atoms with Gasteiger partial charge in [0, 0.05) is 16.6 Å². The van der Waals surface area contributed by atoms with E-state index in [1.807, 2.05) is 0 Å². The second-order valence-corrected chi connectivity index (χ2v) is 6.31. The number of nitro benzene ring substituents is 1. The molecule has 7 heteroatoms. The van der Waals surface area contributed by atoms with Gasteiger partial charge in [0.2, 0.25) is 0 Å². The van der Waals surface area contributed by atoms with Crippen molar-refractivity contribution in [1.29, 1.82) is 0 Å². The van der Waals surface area contributed by atoms with Crippen LogP contribution in [0.3, 0.4) is 0 Å². The number of hydrogen-bond donors (Lipinski definition) is 1. The molecule has 0 fully saturated rings. The smallest absolute Gasteiger partial charge is 0.283 e. The van der Waals surface area contributed by atoms with Crippen molar-refractivity contribution >= 4 is 38.1 Å². The first-order valence-electron chi connectivity index (χ1n) is 5.64. The van der Waals surface area contributed by atoms with Gasteiger partial charge >= 0.3 is 0 Å². The van der Waals surface area contributed by atoms with Crippen LogP contribution in [0.4, 0.5) is 11.4 Å². The van der Waals surface area contributed by atoms with Crippen molar-refractivity contribution in [3.63, 3.8) is 0 Å². The van der Waals surface area contributed by atoms with Crippen molar-refractivity contribution in [2.24, 2.45) is 0 Å². The van der Waals surface area contributed by atoms with Crippen LogP contribution in [0.25, 0.3) is 0 Å². The summed E-state index contributed by atoms with van der Waals surface area (Å²) in [5.74, 6) is 0.186. The summed E-state index contributed by atoms with van der Waals surface area (Å²) in [4.78, 5) is 11.0. The Balaban J connectivity index is 2.29. The Labute approximate surface area is 126 Å². The maximum Gasteiger partial charge on any atom is 0.283 e. The van der Waals surface area contributed by atoms with Crippen LogP contribution in [-0.4, -0.2) is 9.13 Å². The normalized spacial score (nSPS) is 12.1. The van der Waals surface area contributed by atoms with Crippen LogP contribution >= 0.6 is 15.9 Å². The summed E-state index contributed by atoms with van der Waals surface area (Å²) in [6.07, 6.45) is 0. The van der Waals surface area contributed by atoms with E-state index in [-0.39, 0.29) is 11.4 Å². The maximum atomic E-state index is 12.3. The predicted molar refractivity (Wildman–Crippen MR) is 81.8 cm³/mol. The summed E-state index contributed by atoms with van der Waals surface area (Å²) in [5, 5.41) is 10.9. The minimum Gasteiger partial charge on any atom is -0.399 e. The molecule has 1 atom stereocenters. The fraction of sp³-hybridized carbons (Fsp3) is 0.0769. The molecule has 0 radical (unpaired) electrons. The summed E-state index contributed by atoms with van der Waals surface area (Å²) in [5.41, 5.74) is 6.78. The molecule has 0 aliphatic carbocycles. The molecule has 0 amide bonds. The van der Waals surface area contributed by atoms with E-state index in [0.717, 1.165) is 0 Å². The summed E-state index contributed by atoms with van der Waals surface area (Å²) >= 11 is 3.20. The number of halogens is 1. The first kappa shape index (κ1) is 14.7. The van der Waals surface area contributed by atoms with Crippen molar-refractivity contribution in [1.82, 2.24) is 0 Å². The van der Waals surface area contributed by atoms with Gasteiger partial charge in [-0.3, -0.25) is 14.3 Å². The largest absolute Gasteiger partial charge is 0.399 e. The molecular weight excluding hydrogens is 344 g/mol. The van der Waals surface area contributed by atoms with E-state index in [9.17, 15) is 14.3 Å². The Morgan fingerprint density at radius 3 is 2.60 bits per heavy atom. The van der Waals surface area contributed by atoms with Crippen LogP contribution < -0.4 is 5.73 Å². The molecule has 1 unspecified atom stereocenters. The van der Waals surface area contributed by atoms with Gasteiger partial charge in [0.1, 0.15) is 0 Å². The van der Waals surface area contributed by atoms with Crippen molar-refractivity contribution in [2.45, 2.75) is 10.6 Å². The number of nitrogens with zero attached hydrogens (tertiary/aromatic N) is 1. The van der Waals surface area contributed by atoms with Gasteiger partial charge in [0.05, 0.1) is 25.9 Å². The molecule has 0 heterocycles. The fourth-order valence-corrected chi connectivity index (χ4v) is 3.62. The van der Waals surface area contributed by atoms with Crippen LogP contribution in [0.1, 0.15) is 5.56 Å². The molecule has 0 saturated carbocycles. The monoisotopic (exact) mass is 354 g/mol. The van der Waals surface area contributed by atoms with E-state index in [2.05, 4.69) is 15.9 Å². The number of nitrogen functional groups attached to an aromatic ring is 1. The van der Waals surface area contributed by atoms with E-state index in [0.29, 0.717) is 20.6 Å². The molecule has 104 valence electrons. The van der Waals surface area contributed by atoms with Gasteiger partial charge in [-0.2, -0.15) is 0 Å². The maximum absolute atomic E-state index is 12.3. The minimum atomic E-state index is -1.31. The number of anilines is 1. The Morgan fingerprint density at radius 1 is 1.25 bits per heavy atom. The van der Waals surface area contributed by atoms with Crippen LogP contribution in [0.15, 0.2) is 51.8 Å². The van der Waals surface area contributed by atoms with Gasteiger partial charge in [0.25, 0.3) is 5.69 Å². The molecule has 0 saturated heterocycles. The van der Waals surface area contributed by atoms with Crippen molar-refractivity contribution in [2.75, 3.05) is 5.73 Å². The van der Waals surface area contributed by atoms with Crippen LogP contribution in [-0.2, 0) is 16.6 Å². The van der Waals surface area contributed by atoms with E-state index >= 15 is 0 Å². The van der Waals surface area contributed by atoms with Crippen molar-refractivity contribution < 1.29 is 9.13 Å². The van der Waals surface area contributed by atoms with Gasteiger partial charge in [-0.1, -0.05) is 18.2 Å². The second-order valence-electron chi connectivity index (χ2n) is 4.07. The molecule has 0 aromatic heterocycles. The quantitative estimate of drug-likeness (QED) is 0.518. The Morgan fingerprint density at radius 2 is 1.95 bits per heavy atom. The lowest BCUT2D eigenvalue weighted by Gasteiger charge is -2.06. The molecule has 20 heavy (non-hydrogen) atoms. The lowest BCUT2D eigenvalue weighted by Crippen LogP contribution is -2.00. The van der Waals surface area contributed by atoms with Crippen molar-refractivity contribution in [3.05, 3.63) is 62.6 Å². The molecule has 2 aromatic carbocycles. The zero-order valence-corrected chi connectivity index (χ0v) is 12.7. The first-order valence-corrected chi connectivity index (χ1v) is 7.76. The van der Waals surface area contributed by atoms with Gasteiger partial charge in [0.15, 0.2) is 0 Å². The molecule has 0 bridgehead atoms. The van der Waals surface area contributed by atoms with E-state index < -0.39 is 15.7 Å². The summed E-state index contributed by atoms with van der Waals surface area (Å²) in [6.45, 7) is 0. The van der Waals surface area contributed by atoms with Crippen LogP contribution in [0.5, 0.6) is 0 Å². The highest BCUT2D eigenvalue weighted by atomic mass is 79.9. The number of benzene rings is 2. The average Bonchev–Trinajstić information content (AvgIpc) is 2.40. The van der Waals surface area contributed by atoms with Crippen molar-refractivity contribution in [3.8, 4) is 0 Å². The third kappa shape index (κ3) is 3.23. The lowest BCUT2D eigenvalue weighted by molar-refractivity contribution is -0.385. The predicted octanol–water partition coefficient (Wildman–Crippen LogP) is 3.25. The van der Waals surface area contributed by atoms with E-state index in [1.54, 1.807) is 36.4 Å². The highest BCUT2D eigenvalue weighted by Gasteiger charge is 2.16. The molecule has 2 rings (SSSR count). The zero-order valence-electron chi connectivity index (χ0n) is 10.3. The Bertz CT molecular complexity index is 691. The Hall–Kier alpha value is -1.73. The van der Waals surface area contributed by atoms with Gasteiger partial charge in [-0.05, 0) is 39.7 Å². The molecule has 2 aromatic rings. The highest BCUT2D eigenvalue weighted by Crippen LogP contribution is 2.30. The van der Waals surface area contributed by atoms with Gasteiger partial charge in [-0.15, -0.1) is 0 Å². The zero-order chi connectivity index (χ0) is 14.7. The first-order chi connectivity index (χ1) is 9.49. The highest BCUT2D eigenvalue weighted by molar-refractivity contribution is 9.10. The third-order valence-corrected chi connectivity index (χ3v) is 4.93. The molecule has 5 nitrogen and oxygen atoms in total. The summed E-state index contributed by atoms with van der Waals surface area (Å²) < 4.78 is 12.6. The molecule has 0 aliphatic rings. The van der Waals surface area contributed by atoms with E-state index in [1.165, 1.54) is 6.07 Å². The number of nitrogens with two attached hydrogens (primary N) is 1. The number of hydrogen-bond acceptors (Lipinski definition) is 4. The van der Waals surface area contributed by atoms with Crippen LogP contribution in [0, 0.1) is 10.1 Å². The average molecular weight is 355 g/mol. The Kier molecular flexibility index (Phi) is 4.51. The number of rotatable bonds is 4. The van der Waals surface area contributed by atoms with E-state index in [4.69, 9.17) is 5.73 Å². The second kappa shape index (κ2) is 6.15. The third-order valence-electron chi connectivity index (χ3n) is 2.66. The standard InChI is InChI=1S/C13H11BrN2O3S/c14-13-9(3-1-6-12(13)16(17)18)8-20(19)11-5-2-4-10(15)7-11/h1-7H,8,15H2. The molecule has 2 N–H and O–H groups in total. The molecule has 0 spiro atoms.